The fourth-order valence-corrected chi connectivity index (χ4v) is 2.74. The Kier molecular flexibility index (Phi) is 5.68. The second-order valence-electron chi connectivity index (χ2n) is 5.75. The Balaban J connectivity index is 2.73. The fraction of sp³-hybridized carbons (Fsp3) is 0.769. The second kappa shape index (κ2) is 6.40. The zero-order valence-corrected chi connectivity index (χ0v) is 14.2. The molecule has 3 nitrogen and oxygen atoms in total. The molecule has 1 rings (SSSR count). The van der Waals surface area contributed by atoms with Crippen molar-refractivity contribution in [2.45, 2.75) is 46.7 Å². The molecule has 1 atom stereocenters. The van der Waals surface area contributed by atoms with E-state index < -0.39 is 0 Å². The summed E-state index contributed by atoms with van der Waals surface area (Å²) in [6.07, 6.45) is 0.972. The van der Waals surface area contributed by atoms with Crippen LogP contribution >= 0.6 is 27.5 Å². The molecule has 0 aliphatic carbocycles. The van der Waals surface area contributed by atoms with E-state index in [-0.39, 0.29) is 5.41 Å². The molecule has 0 aliphatic heterocycles. The SMILES string of the molecule is Cc1nn(C)c(CNC(CCCl)C(C)(C)C)c1Br. The highest BCUT2D eigenvalue weighted by molar-refractivity contribution is 9.10. The minimum absolute atomic E-state index is 0.203. The van der Waals surface area contributed by atoms with Crippen molar-refractivity contribution in [1.82, 2.24) is 15.1 Å². The Bertz CT molecular complexity index is 396. The molecule has 1 aromatic rings. The Morgan fingerprint density at radius 3 is 2.44 bits per heavy atom. The van der Waals surface area contributed by atoms with Gasteiger partial charge < -0.3 is 5.32 Å². The summed E-state index contributed by atoms with van der Waals surface area (Å²) >= 11 is 9.48. The monoisotopic (exact) mass is 335 g/mol. The first-order valence-electron chi connectivity index (χ1n) is 6.24. The lowest BCUT2D eigenvalue weighted by Gasteiger charge is -2.31. The highest BCUT2D eigenvalue weighted by Crippen LogP contribution is 2.24. The standard InChI is InChI=1S/C13H23BrClN3/c1-9-12(14)10(18(5)17-9)8-16-11(6-7-15)13(2,3)4/h11,16H,6-8H2,1-5H3. The minimum atomic E-state index is 0.203. The average Bonchev–Trinajstić information content (AvgIpc) is 2.48. The molecule has 0 aromatic carbocycles. The molecule has 0 radical (unpaired) electrons. The molecule has 0 fully saturated rings. The maximum absolute atomic E-state index is 5.88. The number of rotatable bonds is 5. The van der Waals surface area contributed by atoms with Gasteiger partial charge in [0.2, 0.25) is 0 Å². The van der Waals surface area contributed by atoms with Crippen LogP contribution in [0.2, 0.25) is 0 Å². The fourth-order valence-electron chi connectivity index (χ4n) is 2.04. The van der Waals surface area contributed by atoms with Crippen LogP contribution in [0.25, 0.3) is 0 Å². The lowest BCUT2D eigenvalue weighted by atomic mass is 9.85. The second-order valence-corrected chi connectivity index (χ2v) is 6.92. The van der Waals surface area contributed by atoms with E-state index in [0.717, 1.165) is 23.1 Å². The Hall–Kier alpha value is -0.0600. The van der Waals surface area contributed by atoms with Crippen LogP contribution in [0, 0.1) is 12.3 Å². The third-order valence-electron chi connectivity index (χ3n) is 3.22. The molecule has 0 amide bonds. The first kappa shape index (κ1) is 16.0. The number of aryl methyl sites for hydroxylation is 2. The van der Waals surface area contributed by atoms with Gasteiger partial charge in [0.25, 0.3) is 0 Å². The smallest absolute Gasteiger partial charge is 0.0739 e. The van der Waals surface area contributed by atoms with E-state index in [4.69, 9.17) is 11.6 Å². The highest BCUT2D eigenvalue weighted by atomic mass is 79.9. The van der Waals surface area contributed by atoms with Gasteiger partial charge in [-0.2, -0.15) is 5.10 Å². The van der Waals surface area contributed by atoms with Crippen molar-refractivity contribution in [2.75, 3.05) is 5.88 Å². The summed E-state index contributed by atoms with van der Waals surface area (Å²) in [4.78, 5) is 0. The lowest BCUT2D eigenvalue weighted by Crippen LogP contribution is -2.40. The van der Waals surface area contributed by atoms with Crippen LogP contribution < -0.4 is 5.32 Å². The molecular formula is C13H23BrClN3. The minimum Gasteiger partial charge on any atom is -0.308 e. The molecule has 1 unspecified atom stereocenters. The van der Waals surface area contributed by atoms with Gasteiger partial charge in [0.05, 0.1) is 15.9 Å². The predicted octanol–water partition coefficient (Wildman–Crippen LogP) is 3.62. The van der Waals surface area contributed by atoms with Crippen molar-refractivity contribution in [3.63, 3.8) is 0 Å². The van der Waals surface area contributed by atoms with E-state index in [9.17, 15) is 0 Å². The number of halogens is 2. The van der Waals surface area contributed by atoms with E-state index >= 15 is 0 Å². The first-order valence-corrected chi connectivity index (χ1v) is 7.57. The Morgan fingerprint density at radius 2 is 2.06 bits per heavy atom. The summed E-state index contributed by atoms with van der Waals surface area (Å²) in [5, 5.41) is 8.00. The summed E-state index contributed by atoms with van der Waals surface area (Å²) in [6, 6.07) is 0.400. The van der Waals surface area contributed by atoms with Crippen LogP contribution in [0.15, 0.2) is 4.47 Å². The van der Waals surface area contributed by atoms with Gasteiger partial charge in [0.1, 0.15) is 0 Å². The maximum atomic E-state index is 5.88. The van der Waals surface area contributed by atoms with E-state index in [1.807, 2.05) is 18.7 Å². The number of aromatic nitrogens is 2. The van der Waals surface area contributed by atoms with Gasteiger partial charge >= 0.3 is 0 Å². The topological polar surface area (TPSA) is 29.9 Å². The van der Waals surface area contributed by atoms with Crippen LogP contribution in [-0.4, -0.2) is 21.7 Å². The molecule has 18 heavy (non-hydrogen) atoms. The van der Waals surface area contributed by atoms with Crippen molar-refractivity contribution in [3.05, 3.63) is 15.9 Å². The van der Waals surface area contributed by atoms with Gasteiger partial charge in [-0.3, -0.25) is 4.68 Å². The summed E-state index contributed by atoms with van der Waals surface area (Å²) in [5.74, 6) is 0.681. The summed E-state index contributed by atoms with van der Waals surface area (Å²) in [6.45, 7) is 9.52. The lowest BCUT2D eigenvalue weighted by molar-refractivity contribution is 0.259. The van der Waals surface area contributed by atoms with Crippen molar-refractivity contribution >= 4 is 27.5 Å². The molecule has 1 N–H and O–H groups in total. The third-order valence-corrected chi connectivity index (χ3v) is 4.47. The molecule has 1 aromatic heterocycles. The number of nitrogens with one attached hydrogen (secondary N) is 1. The largest absolute Gasteiger partial charge is 0.308 e. The summed E-state index contributed by atoms with van der Waals surface area (Å²) in [5.41, 5.74) is 2.41. The molecule has 0 spiro atoms. The van der Waals surface area contributed by atoms with Crippen LogP contribution in [0.5, 0.6) is 0 Å². The van der Waals surface area contributed by atoms with Gasteiger partial charge in [0.15, 0.2) is 0 Å². The van der Waals surface area contributed by atoms with E-state index in [2.05, 4.69) is 47.1 Å². The number of hydrogen-bond donors (Lipinski definition) is 1. The molecule has 0 saturated heterocycles. The van der Waals surface area contributed by atoms with Crippen LogP contribution in [0.1, 0.15) is 38.6 Å². The van der Waals surface area contributed by atoms with Gasteiger partial charge in [0, 0.05) is 25.5 Å². The van der Waals surface area contributed by atoms with E-state index in [0.29, 0.717) is 11.9 Å². The molecule has 0 bridgehead atoms. The number of nitrogens with zero attached hydrogens (tertiary/aromatic N) is 2. The van der Waals surface area contributed by atoms with Crippen LogP contribution in [0.4, 0.5) is 0 Å². The quantitative estimate of drug-likeness (QED) is 0.832. The van der Waals surface area contributed by atoms with Crippen molar-refractivity contribution in [3.8, 4) is 0 Å². The first-order chi connectivity index (χ1) is 8.27. The van der Waals surface area contributed by atoms with E-state index in [1.165, 1.54) is 5.69 Å². The molecule has 5 heteroatoms. The molecule has 0 aliphatic rings. The normalized spacial score (nSPS) is 13.9. The molecule has 104 valence electrons. The Labute approximate surface area is 123 Å². The van der Waals surface area contributed by atoms with Gasteiger partial charge in [-0.25, -0.2) is 0 Å². The molecular weight excluding hydrogens is 314 g/mol. The highest BCUT2D eigenvalue weighted by Gasteiger charge is 2.24. The van der Waals surface area contributed by atoms with Gasteiger partial charge in [-0.15, -0.1) is 11.6 Å². The van der Waals surface area contributed by atoms with Gasteiger partial charge in [-0.05, 0) is 34.7 Å². The van der Waals surface area contributed by atoms with Gasteiger partial charge in [-0.1, -0.05) is 20.8 Å². The molecule has 1 heterocycles. The zero-order chi connectivity index (χ0) is 13.9. The summed E-state index contributed by atoms with van der Waals surface area (Å²) in [7, 11) is 1.97. The zero-order valence-electron chi connectivity index (χ0n) is 11.8. The number of alkyl halides is 1. The maximum Gasteiger partial charge on any atom is 0.0739 e. The van der Waals surface area contributed by atoms with Crippen molar-refractivity contribution in [2.24, 2.45) is 12.5 Å². The summed E-state index contributed by atoms with van der Waals surface area (Å²) < 4.78 is 3.02. The van der Waals surface area contributed by atoms with Crippen molar-refractivity contribution in [1.29, 1.82) is 0 Å². The van der Waals surface area contributed by atoms with Crippen LogP contribution in [-0.2, 0) is 13.6 Å². The van der Waals surface area contributed by atoms with Crippen molar-refractivity contribution < 1.29 is 0 Å². The average molecular weight is 337 g/mol. The number of hydrogen-bond acceptors (Lipinski definition) is 2. The van der Waals surface area contributed by atoms with Crippen LogP contribution in [0.3, 0.4) is 0 Å². The third kappa shape index (κ3) is 3.97. The molecule has 0 saturated carbocycles. The predicted molar refractivity (Wildman–Crippen MR) is 81.1 cm³/mol. The van der Waals surface area contributed by atoms with E-state index in [1.54, 1.807) is 0 Å². The Morgan fingerprint density at radius 1 is 1.44 bits per heavy atom.